The summed E-state index contributed by atoms with van der Waals surface area (Å²) in [6.07, 6.45) is 6.39. The van der Waals surface area contributed by atoms with Gasteiger partial charge in [0.15, 0.2) is 28.9 Å². The highest BCUT2D eigenvalue weighted by molar-refractivity contribution is 5.87. The van der Waals surface area contributed by atoms with Crippen LogP contribution < -0.4 is 0 Å². The normalized spacial score (nSPS) is 5.90. The standard InChI is InChI=1S/5C4H6O.C2H6.2CH4O/c5*1-3-4(2)5;3*1-2/h5*3H,1H2,2H3;1-2H3;2*2H,1H3. The Morgan fingerprint density at radius 3 is 0.452 bits per heavy atom. The van der Waals surface area contributed by atoms with Crippen molar-refractivity contribution < 1.29 is 34.2 Å². The number of allylic oxidation sites excluding steroid dienone is 5. The van der Waals surface area contributed by atoms with E-state index in [1.54, 1.807) is 0 Å². The summed E-state index contributed by atoms with van der Waals surface area (Å²) in [5.74, 6) is 0.0926. The average molecular weight is 445 g/mol. The summed E-state index contributed by atoms with van der Waals surface area (Å²) >= 11 is 0. The summed E-state index contributed by atoms with van der Waals surface area (Å²) in [5.41, 5.74) is 0. The van der Waals surface area contributed by atoms with Gasteiger partial charge in [0.05, 0.1) is 0 Å². The van der Waals surface area contributed by atoms with Gasteiger partial charge in [-0.3, -0.25) is 24.0 Å². The van der Waals surface area contributed by atoms with E-state index in [2.05, 4.69) is 32.9 Å². The number of hydrogen-bond acceptors (Lipinski definition) is 7. The van der Waals surface area contributed by atoms with E-state index in [1.807, 2.05) is 13.8 Å². The number of rotatable bonds is 5. The van der Waals surface area contributed by atoms with Gasteiger partial charge >= 0.3 is 0 Å². The van der Waals surface area contributed by atoms with E-state index in [4.69, 9.17) is 10.2 Å². The molecule has 0 saturated carbocycles. The molecule has 0 aliphatic carbocycles. The van der Waals surface area contributed by atoms with Crippen LogP contribution in [0.3, 0.4) is 0 Å². The van der Waals surface area contributed by atoms with Crippen LogP contribution in [-0.2, 0) is 24.0 Å². The molecule has 0 atom stereocenters. The minimum Gasteiger partial charge on any atom is -0.400 e. The molecule has 0 aliphatic rings. The summed E-state index contributed by atoms with van der Waals surface area (Å²) in [4.78, 5) is 48.5. The molecule has 0 radical (unpaired) electrons. The summed E-state index contributed by atoms with van der Waals surface area (Å²) in [6, 6.07) is 0. The largest absolute Gasteiger partial charge is 0.400 e. The SMILES string of the molecule is C=CC(C)=O.C=CC(C)=O.C=CC(C)=O.C=CC(C)=O.C=CC(C)=O.CC.CO.CO. The van der Waals surface area contributed by atoms with Crippen molar-refractivity contribution >= 4 is 28.9 Å². The Morgan fingerprint density at radius 1 is 0.419 bits per heavy atom. The average Bonchev–Trinajstić information content (AvgIpc) is 2.79. The fourth-order valence-corrected chi connectivity index (χ4v) is 0. The first-order chi connectivity index (χ1) is 14.4. The van der Waals surface area contributed by atoms with Gasteiger partial charge in [-0.25, -0.2) is 0 Å². The summed E-state index contributed by atoms with van der Waals surface area (Å²) in [5, 5.41) is 14.0. The monoisotopic (exact) mass is 444 g/mol. The molecule has 0 aromatic rings. The fraction of sp³-hybridized carbons (Fsp3) is 0.375. The molecular weight excluding hydrogens is 400 g/mol. The second kappa shape index (κ2) is 63.2. The van der Waals surface area contributed by atoms with Gasteiger partial charge in [-0.1, -0.05) is 46.7 Å². The van der Waals surface area contributed by atoms with Crippen molar-refractivity contribution in [2.45, 2.75) is 48.5 Å². The molecule has 0 aromatic carbocycles. The van der Waals surface area contributed by atoms with Gasteiger partial charge in [0.1, 0.15) is 0 Å². The summed E-state index contributed by atoms with van der Waals surface area (Å²) in [6.45, 7) is 27.4. The van der Waals surface area contributed by atoms with E-state index >= 15 is 0 Å². The van der Waals surface area contributed by atoms with Crippen molar-refractivity contribution in [3.8, 4) is 0 Å². The lowest BCUT2D eigenvalue weighted by Gasteiger charge is -1.62. The number of aliphatic hydroxyl groups excluding tert-OH is 2. The highest BCUT2D eigenvalue weighted by Gasteiger charge is 1.71. The lowest BCUT2D eigenvalue weighted by atomic mass is 10.5. The molecule has 0 saturated heterocycles. The number of aliphatic hydroxyl groups is 2. The second-order valence-electron chi connectivity index (χ2n) is 4.07. The Labute approximate surface area is 189 Å². The molecule has 0 spiro atoms. The minimum atomic E-state index is 0.0185. The van der Waals surface area contributed by atoms with E-state index in [0.29, 0.717) is 0 Å². The molecule has 0 rings (SSSR count). The van der Waals surface area contributed by atoms with Gasteiger partial charge in [0.2, 0.25) is 0 Å². The lowest BCUT2D eigenvalue weighted by molar-refractivity contribution is -0.113. The van der Waals surface area contributed by atoms with Gasteiger partial charge in [0.25, 0.3) is 0 Å². The molecule has 31 heavy (non-hydrogen) atoms. The smallest absolute Gasteiger partial charge is 0.152 e. The molecule has 0 amide bonds. The predicted octanol–water partition coefficient (Wildman–Crippen LogP) is 4.05. The van der Waals surface area contributed by atoms with E-state index in [0.717, 1.165) is 14.2 Å². The maximum absolute atomic E-state index is 9.69. The molecule has 7 nitrogen and oxygen atoms in total. The first-order valence-corrected chi connectivity index (χ1v) is 8.90. The van der Waals surface area contributed by atoms with Crippen LogP contribution in [0.25, 0.3) is 0 Å². The van der Waals surface area contributed by atoms with E-state index in [9.17, 15) is 24.0 Å². The Bertz CT molecular complexity index is 384. The molecule has 2 N–H and O–H groups in total. The lowest BCUT2D eigenvalue weighted by Crippen LogP contribution is -1.74. The van der Waals surface area contributed by atoms with Crippen molar-refractivity contribution in [3.63, 3.8) is 0 Å². The molecule has 182 valence electrons. The first-order valence-electron chi connectivity index (χ1n) is 8.90. The van der Waals surface area contributed by atoms with Crippen LogP contribution in [0.15, 0.2) is 63.3 Å². The van der Waals surface area contributed by atoms with Crippen LogP contribution in [-0.4, -0.2) is 53.3 Å². The predicted molar refractivity (Wildman–Crippen MR) is 132 cm³/mol. The van der Waals surface area contributed by atoms with Crippen LogP contribution in [0.5, 0.6) is 0 Å². The van der Waals surface area contributed by atoms with Gasteiger partial charge in [0, 0.05) is 14.2 Å². The van der Waals surface area contributed by atoms with E-state index < -0.39 is 0 Å². The van der Waals surface area contributed by atoms with Gasteiger partial charge in [-0.05, 0) is 65.0 Å². The van der Waals surface area contributed by atoms with Crippen LogP contribution >= 0.6 is 0 Å². The Balaban J connectivity index is -0.0000000335. The first kappa shape index (κ1) is 51.0. The third-order valence-electron chi connectivity index (χ3n) is 1.44. The molecule has 0 fully saturated rings. The van der Waals surface area contributed by atoms with Crippen LogP contribution in [0.1, 0.15) is 48.5 Å². The highest BCUT2D eigenvalue weighted by atomic mass is 16.2. The zero-order valence-corrected chi connectivity index (χ0v) is 20.9. The van der Waals surface area contributed by atoms with Crippen LogP contribution in [0.2, 0.25) is 0 Å². The zero-order valence-electron chi connectivity index (χ0n) is 20.9. The topological polar surface area (TPSA) is 126 Å². The van der Waals surface area contributed by atoms with Gasteiger partial charge in [-0.2, -0.15) is 0 Å². The molecule has 0 unspecified atom stereocenters. The summed E-state index contributed by atoms with van der Waals surface area (Å²) < 4.78 is 0. The molecule has 0 heterocycles. The molecule has 7 heteroatoms. The third-order valence-corrected chi connectivity index (χ3v) is 1.44. The van der Waals surface area contributed by atoms with E-state index in [-0.39, 0.29) is 28.9 Å². The maximum Gasteiger partial charge on any atom is 0.152 e. The quantitative estimate of drug-likeness (QED) is 0.613. The fourth-order valence-electron chi connectivity index (χ4n) is 0. The minimum absolute atomic E-state index is 0.0185. The van der Waals surface area contributed by atoms with Crippen molar-refractivity contribution in [1.82, 2.24) is 0 Å². The zero-order chi connectivity index (χ0) is 27.4. The Morgan fingerprint density at radius 2 is 0.452 bits per heavy atom. The number of hydrogen-bond donors (Lipinski definition) is 2. The van der Waals surface area contributed by atoms with Crippen LogP contribution in [0.4, 0.5) is 0 Å². The Kier molecular flexibility index (Phi) is 104. The molecule has 0 aromatic heterocycles. The molecule has 0 aliphatic heterocycles. The molecular formula is C24H44O7. The number of ketones is 5. The van der Waals surface area contributed by atoms with E-state index in [1.165, 1.54) is 65.0 Å². The highest BCUT2D eigenvalue weighted by Crippen LogP contribution is 1.62. The molecule has 0 bridgehead atoms. The number of carbonyl (C=O) groups is 5. The van der Waals surface area contributed by atoms with Crippen molar-refractivity contribution in [3.05, 3.63) is 63.3 Å². The van der Waals surface area contributed by atoms with Crippen molar-refractivity contribution in [2.24, 2.45) is 0 Å². The summed E-state index contributed by atoms with van der Waals surface area (Å²) in [7, 11) is 2.00. The maximum atomic E-state index is 9.69. The second-order valence-corrected chi connectivity index (χ2v) is 4.07. The number of carbonyl (C=O) groups excluding carboxylic acids is 5. The van der Waals surface area contributed by atoms with Crippen LogP contribution in [0, 0.1) is 0 Å². The van der Waals surface area contributed by atoms with Crippen molar-refractivity contribution in [1.29, 1.82) is 0 Å². The van der Waals surface area contributed by atoms with Crippen molar-refractivity contribution in [2.75, 3.05) is 14.2 Å². The van der Waals surface area contributed by atoms with Gasteiger partial charge < -0.3 is 10.2 Å². The third kappa shape index (κ3) is 346. The van der Waals surface area contributed by atoms with Gasteiger partial charge in [-0.15, -0.1) is 0 Å². The Hall–Kier alpha value is -3.03.